The summed E-state index contributed by atoms with van der Waals surface area (Å²) in [4.78, 5) is 11.4. The second-order valence-electron chi connectivity index (χ2n) is 5.20. The summed E-state index contributed by atoms with van der Waals surface area (Å²) < 4.78 is 14.6. The van der Waals surface area contributed by atoms with Crippen LogP contribution >= 0.6 is 11.6 Å². The van der Waals surface area contributed by atoms with Crippen molar-refractivity contribution in [2.24, 2.45) is 5.73 Å². The predicted octanol–water partition coefficient (Wildman–Crippen LogP) is 2.21. The maximum atomic E-state index is 13.0. The number of benzene rings is 1. The number of rotatable bonds is 6. The molecular weight excluding hydrogens is 347 g/mol. The van der Waals surface area contributed by atoms with Crippen LogP contribution in [0.25, 0.3) is 5.69 Å². The Kier molecular flexibility index (Phi) is 4.90. The molecule has 2 aromatic heterocycles. The van der Waals surface area contributed by atoms with Gasteiger partial charge in [0.2, 0.25) is 0 Å². The summed E-state index contributed by atoms with van der Waals surface area (Å²) >= 11 is 5.72. The van der Waals surface area contributed by atoms with Gasteiger partial charge in [0, 0.05) is 19.2 Å². The number of nitrogens with one attached hydrogen (secondary N) is 1. The van der Waals surface area contributed by atoms with Crippen molar-refractivity contribution in [1.82, 2.24) is 20.0 Å². The van der Waals surface area contributed by atoms with Crippen LogP contribution in [0.4, 0.5) is 10.2 Å². The number of nitrogens with two attached hydrogens (primary N) is 1. The molecule has 3 N–H and O–H groups in total. The number of hydrogen-bond donors (Lipinski definition) is 2. The minimum absolute atomic E-state index is 0.0948. The number of hydrogen-bond acceptors (Lipinski definition) is 5. The van der Waals surface area contributed by atoms with Crippen molar-refractivity contribution in [3.63, 3.8) is 0 Å². The molecule has 9 heteroatoms. The van der Waals surface area contributed by atoms with Crippen LogP contribution in [-0.4, -0.2) is 32.4 Å². The van der Waals surface area contributed by atoms with Crippen molar-refractivity contribution in [2.75, 3.05) is 11.9 Å². The number of carbonyl (C=O) groups excluding carboxylic acids is 1. The molecule has 0 aliphatic carbocycles. The van der Waals surface area contributed by atoms with Gasteiger partial charge in [-0.2, -0.15) is 5.10 Å². The Morgan fingerprint density at radius 2 is 2.00 bits per heavy atom. The fourth-order valence-corrected chi connectivity index (χ4v) is 2.37. The van der Waals surface area contributed by atoms with Gasteiger partial charge in [-0.25, -0.2) is 9.07 Å². The van der Waals surface area contributed by atoms with Crippen molar-refractivity contribution >= 4 is 23.3 Å². The Morgan fingerprint density at radius 1 is 1.24 bits per heavy atom. The third-order valence-corrected chi connectivity index (χ3v) is 3.62. The summed E-state index contributed by atoms with van der Waals surface area (Å²) in [6, 6.07) is 9.27. The van der Waals surface area contributed by atoms with Gasteiger partial charge >= 0.3 is 0 Å². The van der Waals surface area contributed by atoms with E-state index in [-0.39, 0.29) is 22.4 Å². The van der Waals surface area contributed by atoms with Gasteiger partial charge in [0.1, 0.15) is 5.82 Å². The largest absolute Gasteiger partial charge is 0.368 e. The van der Waals surface area contributed by atoms with Gasteiger partial charge in [-0.05, 0) is 36.4 Å². The SMILES string of the molecule is NC(=O)c1cc(Cl)nnc1NCCc1ccn(-c2ccc(F)cc2)n1. The molecule has 0 atom stereocenters. The molecular formula is C16H14ClFN6O. The Balaban J connectivity index is 1.64. The Hall–Kier alpha value is -3.00. The number of amides is 1. The molecule has 3 aromatic rings. The molecule has 0 saturated carbocycles. The maximum Gasteiger partial charge on any atom is 0.252 e. The van der Waals surface area contributed by atoms with E-state index in [0.29, 0.717) is 13.0 Å². The van der Waals surface area contributed by atoms with Crippen LogP contribution in [0.3, 0.4) is 0 Å². The number of halogens is 2. The predicted molar refractivity (Wildman–Crippen MR) is 91.3 cm³/mol. The van der Waals surface area contributed by atoms with Gasteiger partial charge in [0.25, 0.3) is 5.91 Å². The highest BCUT2D eigenvalue weighted by Gasteiger charge is 2.11. The van der Waals surface area contributed by atoms with Gasteiger partial charge in [0.15, 0.2) is 11.0 Å². The standard InChI is InChI=1S/C16H14ClFN6O/c17-14-9-13(15(19)25)16(22-21-14)20-7-5-11-6-8-24(23-11)12-3-1-10(18)2-4-12/h1-4,6,8-9H,5,7H2,(H2,19,25)(H,20,22). The molecule has 3 rings (SSSR count). The molecule has 1 amide bonds. The topological polar surface area (TPSA) is 98.7 Å². The summed E-state index contributed by atoms with van der Waals surface area (Å²) in [7, 11) is 0. The first-order valence-corrected chi connectivity index (χ1v) is 7.78. The zero-order valence-corrected chi connectivity index (χ0v) is 13.7. The van der Waals surface area contributed by atoms with Crippen molar-refractivity contribution in [3.8, 4) is 5.69 Å². The van der Waals surface area contributed by atoms with Gasteiger partial charge in [-0.15, -0.1) is 10.2 Å². The van der Waals surface area contributed by atoms with E-state index in [9.17, 15) is 9.18 Å². The van der Waals surface area contributed by atoms with Crippen LogP contribution in [0.15, 0.2) is 42.6 Å². The lowest BCUT2D eigenvalue weighted by atomic mass is 10.2. The number of carbonyl (C=O) groups is 1. The van der Waals surface area contributed by atoms with Crippen LogP contribution in [-0.2, 0) is 6.42 Å². The quantitative estimate of drug-likeness (QED) is 0.702. The smallest absolute Gasteiger partial charge is 0.252 e. The normalized spacial score (nSPS) is 10.6. The molecule has 2 heterocycles. The van der Waals surface area contributed by atoms with E-state index in [4.69, 9.17) is 17.3 Å². The fourth-order valence-electron chi connectivity index (χ4n) is 2.23. The Labute approximate surface area is 147 Å². The molecule has 25 heavy (non-hydrogen) atoms. The molecule has 0 spiro atoms. The van der Waals surface area contributed by atoms with E-state index in [1.807, 2.05) is 6.07 Å². The third-order valence-electron chi connectivity index (χ3n) is 3.44. The van der Waals surface area contributed by atoms with E-state index in [0.717, 1.165) is 11.4 Å². The lowest BCUT2D eigenvalue weighted by molar-refractivity contribution is 0.100. The molecule has 1 aromatic carbocycles. The van der Waals surface area contributed by atoms with Crippen molar-refractivity contribution < 1.29 is 9.18 Å². The molecule has 128 valence electrons. The van der Waals surface area contributed by atoms with Crippen LogP contribution < -0.4 is 11.1 Å². The average Bonchev–Trinajstić information content (AvgIpc) is 3.05. The van der Waals surface area contributed by atoms with Gasteiger partial charge < -0.3 is 11.1 Å². The average molecular weight is 361 g/mol. The Bertz CT molecular complexity index is 896. The van der Waals surface area contributed by atoms with E-state index in [1.54, 1.807) is 23.0 Å². The number of primary amides is 1. The van der Waals surface area contributed by atoms with Gasteiger partial charge in [-0.1, -0.05) is 11.6 Å². The van der Waals surface area contributed by atoms with E-state index in [2.05, 4.69) is 20.6 Å². The van der Waals surface area contributed by atoms with Gasteiger partial charge in [-0.3, -0.25) is 4.79 Å². The number of anilines is 1. The van der Waals surface area contributed by atoms with E-state index in [1.165, 1.54) is 18.2 Å². The zero-order chi connectivity index (χ0) is 17.8. The molecule has 0 aliphatic rings. The second-order valence-corrected chi connectivity index (χ2v) is 5.59. The fraction of sp³-hybridized carbons (Fsp3) is 0.125. The lowest BCUT2D eigenvalue weighted by Gasteiger charge is -2.07. The molecule has 0 aliphatic heterocycles. The maximum absolute atomic E-state index is 13.0. The van der Waals surface area contributed by atoms with Crippen molar-refractivity contribution in [2.45, 2.75) is 6.42 Å². The second kappa shape index (κ2) is 7.27. The highest BCUT2D eigenvalue weighted by Crippen LogP contribution is 2.15. The monoisotopic (exact) mass is 360 g/mol. The minimum atomic E-state index is -0.639. The summed E-state index contributed by atoms with van der Waals surface area (Å²) in [6.45, 7) is 0.469. The summed E-state index contributed by atoms with van der Waals surface area (Å²) in [5.41, 5.74) is 7.06. The summed E-state index contributed by atoms with van der Waals surface area (Å²) in [5.74, 6) is -0.663. The highest BCUT2D eigenvalue weighted by molar-refractivity contribution is 6.29. The first-order valence-electron chi connectivity index (χ1n) is 7.40. The zero-order valence-electron chi connectivity index (χ0n) is 13.0. The number of nitrogens with zero attached hydrogens (tertiary/aromatic N) is 4. The first-order chi connectivity index (χ1) is 12.0. The van der Waals surface area contributed by atoms with E-state index < -0.39 is 5.91 Å². The van der Waals surface area contributed by atoms with Crippen molar-refractivity contribution in [1.29, 1.82) is 0 Å². The van der Waals surface area contributed by atoms with Crippen LogP contribution in [0.2, 0.25) is 5.15 Å². The lowest BCUT2D eigenvalue weighted by Crippen LogP contribution is -2.17. The molecule has 0 radical (unpaired) electrons. The van der Waals surface area contributed by atoms with Gasteiger partial charge in [0.05, 0.1) is 16.9 Å². The highest BCUT2D eigenvalue weighted by atomic mass is 35.5. The molecule has 0 saturated heterocycles. The summed E-state index contributed by atoms with van der Waals surface area (Å²) in [6.07, 6.45) is 2.37. The number of aromatic nitrogens is 4. The van der Waals surface area contributed by atoms with Crippen molar-refractivity contribution in [3.05, 3.63) is 64.8 Å². The first kappa shape index (κ1) is 16.8. The molecule has 7 nitrogen and oxygen atoms in total. The van der Waals surface area contributed by atoms with Crippen LogP contribution in [0, 0.1) is 5.82 Å². The molecule has 0 fully saturated rings. The summed E-state index contributed by atoms with van der Waals surface area (Å²) in [5, 5.41) is 15.0. The van der Waals surface area contributed by atoms with Crippen LogP contribution in [0.5, 0.6) is 0 Å². The molecule has 0 unspecified atom stereocenters. The molecule has 0 bridgehead atoms. The third kappa shape index (κ3) is 4.10. The Morgan fingerprint density at radius 3 is 2.72 bits per heavy atom. The van der Waals surface area contributed by atoms with E-state index >= 15 is 0 Å². The van der Waals surface area contributed by atoms with Crippen LogP contribution in [0.1, 0.15) is 16.1 Å². The minimum Gasteiger partial charge on any atom is -0.368 e.